The van der Waals surface area contributed by atoms with Crippen molar-refractivity contribution in [2.24, 2.45) is 0 Å². The van der Waals surface area contributed by atoms with Gasteiger partial charge in [-0.25, -0.2) is 0 Å². The molecule has 0 amide bonds. The molecular weight excluding hydrogens is 68.5 g/mol. The van der Waals surface area contributed by atoms with Crippen LogP contribution in [0.4, 0.5) is 0 Å². The molecule has 28 valence electrons. The average Bonchev–Trinajstić information content (AvgIpc) is 1.61. The predicted molar refractivity (Wildman–Crippen MR) is 32.4 cm³/mol. The van der Waals surface area contributed by atoms with Crippen LogP contribution in [0.5, 0.6) is 0 Å². The van der Waals surface area contributed by atoms with Gasteiger partial charge < -0.3 is 0 Å². The van der Waals surface area contributed by atoms with E-state index >= 15 is 0 Å². The van der Waals surface area contributed by atoms with Crippen LogP contribution < -0.4 is 0 Å². The van der Waals surface area contributed by atoms with Crippen LogP contribution in [0, 0.1) is 0 Å². The second-order valence-corrected chi connectivity index (χ2v) is 1.22. The first-order chi connectivity index (χ1) is 2.91. The molecular formula is C3H7B3. The van der Waals surface area contributed by atoms with Gasteiger partial charge in [-0.3, -0.25) is 0 Å². The minimum atomic E-state index is 1.11. The third kappa shape index (κ3) is 4.19. The van der Waals surface area contributed by atoms with E-state index in [1.165, 1.54) is 6.42 Å². The van der Waals surface area contributed by atoms with E-state index in [0.29, 0.717) is 0 Å². The van der Waals surface area contributed by atoms with Crippen LogP contribution in [-0.4, -0.2) is 21.2 Å². The third-order valence-corrected chi connectivity index (χ3v) is 0.591. The zero-order valence-corrected chi connectivity index (χ0v) is 4.15. The van der Waals surface area contributed by atoms with Crippen LogP contribution in [0.1, 0.15) is 13.3 Å². The Hall–Kier alpha value is 0.195. The molecule has 0 bridgehead atoms. The van der Waals surface area contributed by atoms with E-state index in [1.807, 2.05) is 6.80 Å². The zero-order valence-electron chi connectivity index (χ0n) is 4.15. The predicted octanol–water partition coefficient (Wildman–Crippen LogP) is 0.222. The van der Waals surface area contributed by atoms with Gasteiger partial charge in [-0.2, -0.15) is 0 Å². The minimum absolute atomic E-state index is 1.11. The van der Waals surface area contributed by atoms with Crippen molar-refractivity contribution in [2.75, 3.05) is 0 Å². The molecule has 0 aliphatic carbocycles. The van der Waals surface area contributed by atoms with Crippen LogP contribution in [-0.2, 0) is 0 Å². The van der Waals surface area contributed by atoms with Gasteiger partial charge in [0.1, 0.15) is 0 Å². The van der Waals surface area contributed by atoms with Crippen molar-refractivity contribution in [3.63, 3.8) is 0 Å². The fourth-order valence-electron chi connectivity index (χ4n) is 0.263. The standard InChI is InChI=1S/C3H7B3/c1-2-3-5-6-4/h2-3H2,1H3. The van der Waals surface area contributed by atoms with Crippen molar-refractivity contribution in [1.29, 1.82) is 0 Å². The molecule has 0 aliphatic heterocycles. The van der Waals surface area contributed by atoms with Gasteiger partial charge in [0.15, 0.2) is 0 Å². The van der Waals surface area contributed by atoms with Crippen molar-refractivity contribution in [3.05, 3.63) is 0 Å². The summed E-state index contributed by atoms with van der Waals surface area (Å²) in [5.74, 6) is 0. The van der Waals surface area contributed by atoms with Gasteiger partial charge in [-0.1, -0.05) is 0 Å². The first-order valence-electron chi connectivity index (χ1n) is 2.28. The summed E-state index contributed by atoms with van der Waals surface area (Å²) in [5.41, 5.74) is 0. The summed E-state index contributed by atoms with van der Waals surface area (Å²) in [5, 5.41) is 0. The van der Waals surface area contributed by atoms with E-state index in [-0.39, 0.29) is 0 Å². The van der Waals surface area contributed by atoms with Gasteiger partial charge in [0.05, 0.1) is 0 Å². The SMILES string of the molecule is [B]B=BCCC. The Bertz CT molecular complexity index is 41.3. The Labute approximate surface area is 41.8 Å². The van der Waals surface area contributed by atoms with Crippen molar-refractivity contribution < 1.29 is 0 Å². The molecule has 0 N–H and O–H groups in total. The molecule has 0 aromatic heterocycles. The zero-order chi connectivity index (χ0) is 4.83. The van der Waals surface area contributed by atoms with E-state index in [4.69, 9.17) is 7.74 Å². The number of hydrogen-bond acceptors (Lipinski definition) is 0. The molecule has 0 saturated heterocycles. The van der Waals surface area contributed by atoms with Crippen LogP contribution >= 0.6 is 0 Å². The maximum atomic E-state index is 5.03. The molecule has 6 heavy (non-hydrogen) atoms. The molecule has 3 heteroatoms. The molecule has 0 heterocycles. The van der Waals surface area contributed by atoms with Gasteiger partial charge in [-0.15, -0.1) is 0 Å². The molecule has 0 aliphatic rings. The average molecular weight is 75.5 g/mol. The van der Waals surface area contributed by atoms with Gasteiger partial charge in [0, 0.05) is 0 Å². The first kappa shape index (κ1) is 6.19. The molecule has 0 spiro atoms. The Morgan fingerprint density at radius 1 is 1.67 bits per heavy atom. The van der Waals surface area contributed by atoms with Crippen LogP contribution in [0.3, 0.4) is 0 Å². The second kappa shape index (κ2) is 5.19. The van der Waals surface area contributed by atoms with Crippen molar-refractivity contribution in [3.8, 4) is 0 Å². The fraction of sp³-hybridized carbons (Fsp3) is 1.00. The Kier molecular flexibility index (Phi) is 5.36. The first-order valence-corrected chi connectivity index (χ1v) is 2.28. The Balaban J connectivity index is 2.66. The summed E-state index contributed by atoms with van der Waals surface area (Å²) in [6.07, 6.45) is 2.30. The maximum absolute atomic E-state index is 5.03. The normalized spacial score (nSPS) is 7.50. The van der Waals surface area contributed by atoms with E-state index < -0.39 is 0 Å². The number of hydrogen-bond donors (Lipinski definition) is 0. The third-order valence-electron chi connectivity index (χ3n) is 0.591. The molecule has 0 nitrogen and oxygen atoms in total. The summed E-state index contributed by atoms with van der Waals surface area (Å²) >= 11 is 0. The Morgan fingerprint density at radius 2 is 2.33 bits per heavy atom. The molecule has 2 radical (unpaired) electrons. The number of rotatable bonds is 2. The quantitative estimate of drug-likeness (QED) is 0.412. The molecule has 0 aromatic carbocycles. The summed E-state index contributed by atoms with van der Waals surface area (Å²) in [4.78, 5) is 0. The van der Waals surface area contributed by atoms with E-state index in [2.05, 4.69) is 6.92 Å². The van der Waals surface area contributed by atoms with E-state index in [9.17, 15) is 0 Å². The molecule has 0 unspecified atom stereocenters. The van der Waals surface area contributed by atoms with E-state index in [0.717, 1.165) is 6.32 Å². The molecule has 0 aromatic rings. The molecule has 0 saturated carbocycles. The van der Waals surface area contributed by atoms with Crippen molar-refractivity contribution >= 4 is 21.2 Å². The molecule has 0 rings (SSSR count). The van der Waals surface area contributed by atoms with Crippen molar-refractivity contribution in [1.82, 2.24) is 0 Å². The fourth-order valence-corrected chi connectivity index (χ4v) is 0.263. The van der Waals surface area contributed by atoms with E-state index in [1.54, 1.807) is 6.69 Å². The van der Waals surface area contributed by atoms with Crippen LogP contribution in [0.15, 0.2) is 0 Å². The Morgan fingerprint density at radius 3 is 2.50 bits per heavy atom. The summed E-state index contributed by atoms with van der Waals surface area (Å²) in [7, 11) is 5.03. The summed E-state index contributed by atoms with van der Waals surface area (Å²) < 4.78 is 0. The van der Waals surface area contributed by atoms with Gasteiger partial charge in [-0.05, 0) is 0 Å². The van der Waals surface area contributed by atoms with Crippen LogP contribution in [0.2, 0.25) is 6.32 Å². The van der Waals surface area contributed by atoms with Gasteiger partial charge in [0.2, 0.25) is 0 Å². The second-order valence-electron chi connectivity index (χ2n) is 1.22. The monoisotopic (exact) mass is 76.1 g/mol. The van der Waals surface area contributed by atoms with Crippen molar-refractivity contribution in [2.45, 2.75) is 19.7 Å². The molecule has 0 atom stereocenters. The summed E-state index contributed by atoms with van der Waals surface area (Å²) in [6, 6.07) is 0. The summed E-state index contributed by atoms with van der Waals surface area (Å²) in [6.45, 7) is 5.67. The van der Waals surface area contributed by atoms with Crippen LogP contribution in [0.25, 0.3) is 0 Å². The molecule has 0 fully saturated rings. The van der Waals surface area contributed by atoms with Gasteiger partial charge in [0.25, 0.3) is 0 Å². The van der Waals surface area contributed by atoms with Gasteiger partial charge >= 0.3 is 40.9 Å². The topological polar surface area (TPSA) is 0 Å².